The first-order valence-electron chi connectivity index (χ1n) is 12.6. The van der Waals surface area contributed by atoms with Gasteiger partial charge in [-0.05, 0) is 48.9 Å². The van der Waals surface area contributed by atoms with Gasteiger partial charge in [0, 0.05) is 30.3 Å². The first kappa shape index (κ1) is 25.4. The number of benzene rings is 3. The van der Waals surface area contributed by atoms with Crippen LogP contribution >= 0.6 is 0 Å². The van der Waals surface area contributed by atoms with Crippen molar-refractivity contribution < 1.29 is 14.6 Å². The highest BCUT2D eigenvalue weighted by molar-refractivity contribution is 6.03. The Hall–Kier alpha value is -4.27. The highest BCUT2D eigenvalue weighted by Crippen LogP contribution is 2.38. The SMILES string of the molecule is COc1ccc(C2=NN(C(=O)CNCCO)[C@@H](c3cn(-c4ccccc4)nc3-c3ccc(C)cc3)C2)cc1. The van der Waals surface area contributed by atoms with E-state index in [1.807, 2.05) is 65.5 Å². The van der Waals surface area contributed by atoms with Gasteiger partial charge in [-0.3, -0.25) is 4.79 Å². The number of aliphatic hydroxyl groups is 1. The average Bonchev–Trinajstić information content (AvgIpc) is 3.59. The van der Waals surface area contributed by atoms with Crippen LogP contribution in [0.25, 0.3) is 16.9 Å². The lowest BCUT2D eigenvalue weighted by Gasteiger charge is -2.22. The standard InChI is InChI=1S/C30H31N5O3/c1-21-8-10-23(11-9-21)30-26(20-34(33-30)24-6-4-3-5-7-24)28-18-27(22-12-14-25(38-2)15-13-22)32-35(28)29(37)19-31-16-17-36/h3-15,20,28,31,36H,16-19H2,1-2H3/t28-/m1/s1. The van der Waals surface area contributed by atoms with Crippen molar-refractivity contribution in [2.45, 2.75) is 19.4 Å². The second-order valence-corrected chi connectivity index (χ2v) is 9.21. The van der Waals surface area contributed by atoms with E-state index in [-0.39, 0.29) is 25.1 Å². The van der Waals surface area contributed by atoms with Crippen molar-refractivity contribution in [3.63, 3.8) is 0 Å². The molecule has 0 fully saturated rings. The van der Waals surface area contributed by atoms with Crippen molar-refractivity contribution in [3.05, 3.63) is 102 Å². The summed E-state index contributed by atoms with van der Waals surface area (Å²) >= 11 is 0. The van der Waals surface area contributed by atoms with Crippen molar-refractivity contribution >= 4 is 11.6 Å². The first-order valence-corrected chi connectivity index (χ1v) is 12.6. The molecule has 0 bridgehead atoms. The number of hydrazone groups is 1. The molecule has 5 rings (SSSR count). The van der Waals surface area contributed by atoms with E-state index >= 15 is 0 Å². The molecule has 0 radical (unpaired) electrons. The molecular weight excluding hydrogens is 478 g/mol. The molecular formula is C30H31N5O3. The van der Waals surface area contributed by atoms with Gasteiger partial charge >= 0.3 is 0 Å². The molecule has 2 N–H and O–H groups in total. The smallest absolute Gasteiger partial charge is 0.257 e. The van der Waals surface area contributed by atoms with Crippen molar-refractivity contribution in [3.8, 4) is 22.7 Å². The molecule has 8 nitrogen and oxygen atoms in total. The van der Waals surface area contributed by atoms with Gasteiger partial charge in [0.15, 0.2) is 0 Å². The summed E-state index contributed by atoms with van der Waals surface area (Å²) in [5, 5.41) is 23.5. The van der Waals surface area contributed by atoms with Crippen LogP contribution in [0.2, 0.25) is 0 Å². The van der Waals surface area contributed by atoms with Gasteiger partial charge in [0.2, 0.25) is 0 Å². The van der Waals surface area contributed by atoms with Crippen LogP contribution in [0.1, 0.15) is 29.2 Å². The topological polar surface area (TPSA) is 92.0 Å². The molecule has 1 aliphatic heterocycles. The molecule has 2 heterocycles. The second kappa shape index (κ2) is 11.4. The van der Waals surface area contributed by atoms with Gasteiger partial charge < -0.3 is 15.2 Å². The number of rotatable bonds is 9. The zero-order chi connectivity index (χ0) is 26.5. The molecule has 0 spiro atoms. The van der Waals surface area contributed by atoms with Crippen LogP contribution in [0.15, 0.2) is 90.2 Å². The fourth-order valence-corrected chi connectivity index (χ4v) is 4.58. The maximum atomic E-state index is 13.4. The second-order valence-electron chi connectivity index (χ2n) is 9.21. The fourth-order valence-electron chi connectivity index (χ4n) is 4.58. The van der Waals surface area contributed by atoms with Crippen LogP contribution in [0.4, 0.5) is 0 Å². The lowest BCUT2D eigenvalue weighted by molar-refractivity contribution is -0.132. The third kappa shape index (κ3) is 5.37. The number of hydrogen-bond acceptors (Lipinski definition) is 6. The maximum absolute atomic E-state index is 13.4. The van der Waals surface area contributed by atoms with Gasteiger partial charge in [0.25, 0.3) is 5.91 Å². The zero-order valence-electron chi connectivity index (χ0n) is 21.5. The molecule has 0 saturated heterocycles. The molecule has 4 aromatic rings. The minimum atomic E-state index is -0.343. The summed E-state index contributed by atoms with van der Waals surface area (Å²) in [6.07, 6.45) is 2.54. The largest absolute Gasteiger partial charge is 0.497 e. The molecule has 8 heteroatoms. The Bertz CT molecular complexity index is 1410. The number of aryl methyl sites for hydroxylation is 1. The highest BCUT2D eigenvalue weighted by atomic mass is 16.5. The van der Waals surface area contributed by atoms with Gasteiger partial charge in [0.1, 0.15) is 5.75 Å². The van der Waals surface area contributed by atoms with E-state index in [1.165, 1.54) is 0 Å². The Balaban J connectivity index is 1.57. The van der Waals surface area contributed by atoms with E-state index in [2.05, 4.69) is 36.5 Å². The number of aromatic nitrogens is 2. The molecule has 1 aromatic heterocycles. The first-order chi connectivity index (χ1) is 18.6. The van der Waals surface area contributed by atoms with Gasteiger partial charge in [-0.2, -0.15) is 10.2 Å². The molecule has 1 amide bonds. The van der Waals surface area contributed by atoms with Crippen LogP contribution < -0.4 is 10.1 Å². The summed E-state index contributed by atoms with van der Waals surface area (Å²) in [6.45, 7) is 2.42. The Morgan fingerprint density at radius 3 is 2.42 bits per heavy atom. The van der Waals surface area contributed by atoms with Crippen molar-refractivity contribution in [1.29, 1.82) is 0 Å². The van der Waals surface area contributed by atoms with Gasteiger partial charge in [0.05, 0.1) is 43.4 Å². The number of hydrogen-bond donors (Lipinski definition) is 2. The van der Waals surface area contributed by atoms with Crippen molar-refractivity contribution in [2.24, 2.45) is 5.10 Å². The third-order valence-corrected chi connectivity index (χ3v) is 6.60. The molecule has 1 aliphatic rings. The van der Waals surface area contributed by atoms with Crippen LogP contribution in [0, 0.1) is 6.92 Å². The summed E-state index contributed by atoms with van der Waals surface area (Å²) in [7, 11) is 1.63. The number of methoxy groups -OCH3 is 1. The number of nitrogens with one attached hydrogen (secondary N) is 1. The lowest BCUT2D eigenvalue weighted by atomic mass is 9.96. The van der Waals surface area contributed by atoms with E-state index < -0.39 is 0 Å². The summed E-state index contributed by atoms with van der Waals surface area (Å²) in [4.78, 5) is 13.4. The Kier molecular flexibility index (Phi) is 7.62. The summed E-state index contributed by atoms with van der Waals surface area (Å²) < 4.78 is 7.17. The third-order valence-electron chi connectivity index (χ3n) is 6.60. The van der Waals surface area contributed by atoms with Crippen molar-refractivity contribution in [2.75, 3.05) is 26.8 Å². The van der Waals surface area contributed by atoms with Gasteiger partial charge in [-0.25, -0.2) is 9.69 Å². The lowest BCUT2D eigenvalue weighted by Crippen LogP contribution is -2.36. The molecule has 0 unspecified atom stereocenters. The molecule has 1 atom stereocenters. The Labute approximate surface area is 222 Å². The number of amides is 1. The number of ether oxygens (including phenoxy) is 1. The molecule has 38 heavy (non-hydrogen) atoms. The minimum Gasteiger partial charge on any atom is -0.497 e. The quantitative estimate of drug-likeness (QED) is 0.331. The van der Waals surface area contributed by atoms with Crippen molar-refractivity contribution in [1.82, 2.24) is 20.1 Å². The average molecular weight is 510 g/mol. The molecule has 0 aliphatic carbocycles. The van der Waals surface area contributed by atoms with Crippen LogP contribution in [0.3, 0.4) is 0 Å². The summed E-state index contributed by atoms with van der Waals surface area (Å²) in [5.74, 6) is 0.588. The number of nitrogens with zero attached hydrogens (tertiary/aromatic N) is 4. The van der Waals surface area contributed by atoms with Crippen LogP contribution in [-0.4, -0.2) is 58.3 Å². The minimum absolute atomic E-state index is 0.0432. The predicted molar refractivity (Wildman–Crippen MR) is 147 cm³/mol. The van der Waals surface area contributed by atoms with E-state index in [4.69, 9.17) is 20.0 Å². The van der Waals surface area contributed by atoms with Crippen LogP contribution in [0.5, 0.6) is 5.75 Å². The van der Waals surface area contributed by atoms with E-state index in [0.29, 0.717) is 13.0 Å². The monoisotopic (exact) mass is 509 g/mol. The molecule has 0 saturated carbocycles. The summed E-state index contributed by atoms with van der Waals surface area (Å²) in [6, 6.07) is 25.6. The normalized spacial score (nSPS) is 15.0. The Morgan fingerprint density at radius 1 is 1.03 bits per heavy atom. The van der Waals surface area contributed by atoms with E-state index in [1.54, 1.807) is 12.1 Å². The van der Waals surface area contributed by atoms with Gasteiger partial charge in [-0.15, -0.1) is 0 Å². The number of para-hydroxylation sites is 1. The predicted octanol–water partition coefficient (Wildman–Crippen LogP) is 4.12. The Morgan fingerprint density at radius 2 is 1.74 bits per heavy atom. The molecule has 194 valence electrons. The highest BCUT2D eigenvalue weighted by Gasteiger charge is 2.36. The van der Waals surface area contributed by atoms with E-state index in [0.717, 1.165) is 45.1 Å². The maximum Gasteiger partial charge on any atom is 0.257 e. The summed E-state index contributed by atoms with van der Waals surface area (Å²) in [5.41, 5.74) is 6.55. The fraction of sp³-hybridized carbons (Fsp3) is 0.233. The molecule has 3 aromatic carbocycles. The van der Waals surface area contributed by atoms with Gasteiger partial charge in [-0.1, -0.05) is 48.0 Å². The number of carbonyl (C=O) groups excluding carboxylic acids is 1. The van der Waals surface area contributed by atoms with Crippen LogP contribution in [-0.2, 0) is 4.79 Å². The number of carbonyl (C=O) groups is 1. The zero-order valence-corrected chi connectivity index (χ0v) is 21.5. The van der Waals surface area contributed by atoms with E-state index in [9.17, 15) is 4.79 Å². The number of aliphatic hydroxyl groups excluding tert-OH is 1.